The second kappa shape index (κ2) is 6.98. The highest BCUT2D eigenvalue weighted by Gasteiger charge is 2.20. The SMILES string of the molecule is C=C(Nc1ccccc1)[C@H](CC)NC(=O)OC(C)(C)C. The molecule has 20 heavy (non-hydrogen) atoms. The summed E-state index contributed by atoms with van der Waals surface area (Å²) >= 11 is 0. The molecule has 4 heteroatoms. The van der Waals surface area contributed by atoms with Crippen LogP contribution in [0.15, 0.2) is 42.6 Å². The van der Waals surface area contributed by atoms with E-state index in [1.807, 2.05) is 58.0 Å². The highest BCUT2D eigenvalue weighted by Crippen LogP contribution is 2.13. The fraction of sp³-hybridized carbons (Fsp3) is 0.438. The number of hydrogen-bond donors (Lipinski definition) is 2. The number of hydrogen-bond acceptors (Lipinski definition) is 3. The van der Waals surface area contributed by atoms with Crippen LogP contribution in [0.25, 0.3) is 0 Å². The maximum atomic E-state index is 11.8. The molecule has 2 N–H and O–H groups in total. The Kier molecular flexibility index (Phi) is 5.62. The zero-order chi connectivity index (χ0) is 15.2. The molecule has 0 spiro atoms. The molecule has 0 aliphatic carbocycles. The largest absolute Gasteiger partial charge is 0.444 e. The van der Waals surface area contributed by atoms with E-state index in [0.717, 1.165) is 17.8 Å². The molecule has 1 atom stereocenters. The lowest BCUT2D eigenvalue weighted by Crippen LogP contribution is -2.40. The molecular weight excluding hydrogens is 252 g/mol. The monoisotopic (exact) mass is 276 g/mol. The zero-order valence-electron chi connectivity index (χ0n) is 12.7. The first-order valence-electron chi connectivity index (χ1n) is 6.82. The second-order valence-corrected chi connectivity index (χ2v) is 5.62. The van der Waals surface area contributed by atoms with Gasteiger partial charge in [0.25, 0.3) is 0 Å². The van der Waals surface area contributed by atoms with E-state index in [1.165, 1.54) is 0 Å². The highest BCUT2D eigenvalue weighted by atomic mass is 16.6. The second-order valence-electron chi connectivity index (χ2n) is 5.62. The number of ether oxygens (including phenoxy) is 1. The van der Waals surface area contributed by atoms with Gasteiger partial charge in [-0.3, -0.25) is 0 Å². The summed E-state index contributed by atoms with van der Waals surface area (Å²) in [7, 11) is 0. The van der Waals surface area contributed by atoms with Crippen LogP contribution in [0.1, 0.15) is 34.1 Å². The molecule has 1 rings (SSSR count). The molecule has 1 amide bonds. The van der Waals surface area contributed by atoms with Gasteiger partial charge in [-0.05, 0) is 39.3 Å². The third-order valence-corrected chi connectivity index (χ3v) is 2.60. The summed E-state index contributed by atoms with van der Waals surface area (Å²) in [5, 5.41) is 6.02. The quantitative estimate of drug-likeness (QED) is 0.857. The van der Waals surface area contributed by atoms with Crippen LogP contribution >= 0.6 is 0 Å². The number of para-hydroxylation sites is 1. The van der Waals surface area contributed by atoms with Crippen LogP contribution in [0.2, 0.25) is 0 Å². The molecule has 0 saturated heterocycles. The van der Waals surface area contributed by atoms with Gasteiger partial charge >= 0.3 is 6.09 Å². The molecule has 0 saturated carbocycles. The van der Waals surface area contributed by atoms with E-state index in [-0.39, 0.29) is 6.04 Å². The predicted molar refractivity (Wildman–Crippen MR) is 82.7 cm³/mol. The van der Waals surface area contributed by atoms with Crippen molar-refractivity contribution in [3.63, 3.8) is 0 Å². The van der Waals surface area contributed by atoms with E-state index >= 15 is 0 Å². The molecule has 0 unspecified atom stereocenters. The summed E-state index contributed by atoms with van der Waals surface area (Å²) in [4.78, 5) is 11.8. The minimum Gasteiger partial charge on any atom is -0.444 e. The van der Waals surface area contributed by atoms with Crippen molar-refractivity contribution in [1.82, 2.24) is 5.32 Å². The van der Waals surface area contributed by atoms with E-state index in [9.17, 15) is 4.79 Å². The standard InChI is InChI=1S/C16H24N2O2/c1-6-14(18-15(19)20-16(3,4)5)12(2)17-13-10-8-7-9-11-13/h7-11,14,17H,2,6H2,1,3-5H3,(H,18,19)/t14-/m0/s1. The van der Waals surface area contributed by atoms with Crippen LogP contribution < -0.4 is 10.6 Å². The Morgan fingerprint density at radius 1 is 1.30 bits per heavy atom. The van der Waals surface area contributed by atoms with Crippen molar-refractivity contribution in [3.05, 3.63) is 42.6 Å². The summed E-state index contributed by atoms with van der Waals surface area (Å²) in [6.45, 7) is 11.5. The third kappa shape index (κ3) is 5.78. The molecule has 4 nitrogen and oxygen atoms in total. The normalized spacial score (nSPS) is 12.4. The van der Waals surface area contributed by atoms with Gasteiger partial charge in [0.05, 0.1) is 6.04 Å². The van der Waals surface area contributed by atoms with Gasteiger partial charge in [0.2, 0.25) is 0 Å². The molecule has 0 aromatic heterocycles. The number of amides is 1. The van der Waals surface area contributed by atoms with E-state index < -0.39 is 11.7 Å². The van der Waals surface area contributed by atoms with Crippen molar-refractivity contribution >= 4 is 11.8 Å². The van der Waals surface area contributed by atoms with Crippen LogP contribution in [-0.4, -0.2) is 17.7 Å². The Bertz CT molecular complexity index is 449. The molecule has 0 fully saturated rings. The van der Waals surface area contributed by atoms with Crippen LogP contribution in [0.5, 0.6) is 0 Å². The maximum Gasteiger partial charge on any atom is 0.408 e. The molecule has 0 bridgehead atoms. The van der Waals surface area contributed by atoms with Crippen molar-refractivity contribution < 1.29 is 9.53 Å². The Morgan fingerprint density at radius 3 is 2.40 bits per heavy atom. The van der Waals surface area contributed by atoms with Crippen molar-refractivity contribution in [2.75, 3.05) is 5.32 Å². The van der Waals surface area contributed by atoms with Crippen molar-refractivity contribution in [1.29, 1.82) is 0 Å². The first kappa shape index (κ1) is 16.1. The topological polar surface area (TPSA) is 50.4 Å². The molecular formula is C16H24N2O2. The molecule has 110 valence electrons. The summed E-state index contributed by atoms with van der Waals surface area (Å²) < 4.78 is 5.25. The van der Waals surface area contributed by atoms with E-state index in [2.05, 4.69) is 17.2 Å². The molecule has 0 aliphatic heterocycles. The minimum absolute atomic E-state index is 0.176. The van der Waals surface area contributed by atoms with Crippen LogP contribution in [-0.2, 0) is 4.74 Å². The van der Waals surface area contributed by atoms with Crippen LogP contribution in [0.4, 0.5) is 10.5 Å². The number of alkyl carbamates (subject to hydrolysis) is 1. The minimum atomic E-state index is -0.503. The number of carbonyl (C=O) groups is 1. The molecule has 1 aromatic carbocycles. The molecule has 0 heterocycles. The predicted octanol–water partition coefficient (Wildman–Crippen LogP) is 3.92. The number of nitrogens with one attached hydrogen (secondary N) is 2. The summed E-state index contributed by atoms with van der Waals surface area (Å²) in [6.07, 6.45) is 0.304. The Balaban J connectivity index is 2.57. The zero-order valence-corrected chi connectivity index (χ0v) is 12.7. The van der Waals surface area contributed by atoms with E-state index in [4.69, 9.17) is 4.74 Å². The first-order valence-corrected chi connectivity index (χ1v) is 6.82. The van der Waals surface area contributed by atoms with E-state index in [1.54, 1.807) is 0 Å². The lowest BCUT2D eigenvalue weighted by atomic mass is 10.1. The average Bonchev–Trinajstić information content (AvgIpc) is 2.35. The van der Waals surface area contributed by atoms with Gasteiger partial charge in [0, 0.05) is 11.4 Å². The molecule has 1 aromatic rings. The Labute approximate surface area is 121 Å². The number of rotatable bonds is 5. The third-order valence-electron chi connectivity index (χ3n) is 2.60. The number of anilines is 1. The smallest absolute Gasteiger partial charge is 0.408 e. The molecule has 0 radical (unpaired) electrons. The van der Waals surface area contributed by atoms with E-state index in [0.29, 0.717) is 0 Å². The summed E-state index contributed by atoms with van der Waals surface area (Å²) in [5.41, 5.74) is 1.18. The fourth-order valence-electron chi connectivity index (χ4n) is 1.68. The molecule has 0 aliphatic rings. The first-order chi connectivity index (χ1) is 9.31. The summed E-state index contributed by atoms with van der Waals surface area (Å²) in [5.74, 6) is 0. The van der Waals surface area contributed by atoms with Crippen LogP contribution in [0, 0.1) is 0 Å². The van der Waals surface area contributed by atoms with Gasteiger partial charge in [0.1, 0.15) is 5.60 Å². The van der Waals surface area contributed by atoms with Gasteiger partial charge in [-0.15, -0.1) is 0 Å². The Hall–Kier alpha value is -1.97. The van der Waals surface area contributed by atoms with Crippen molar-refractivity contribution in [2.24, 2.45) is 0 Å². The Morgan fingerprint density at radius 2 is 1.90 bits per heavy atom. The number of carbonyl (C=O) groups excluding carboxylic acids is 1. The van der Waals surface area contributed by atoms with Crippen molar-refractivity contribution in [2.45, 2.75) is 45.8 Å². The number of benzene rings is 1. The van der Waals surface area contributed by atoms with Gasteiger partial charge in [0.15, 0.2) is 0 Å². The van der Waals surface area contributed by atoms with Gasteiger partial charge in [-0.2, -0.15) is 0 Å². The average molecular weight is 276 g/mol. The maximum absolute atomic E-state index is 11.8. The van der Waals surface area contributed by atoms with Crippen molar-refractivity contribution in [3.8, 4) is 0 Å². The van der Waals surface area contributed by atoms with Crippen LogP contribution in [0.3, 0.4) is 0 Å². The van der Waals surface area contributed by atoms with Gasteiger partial charge < -0.3 is 15.4 Å². The fourth-order valence-corrected chi connectivity index (χ4v) is 1.68. The highest BCUT2D eigenvalue weighted by molar-refractivity contribution is 5.69. The van der Waals surface area contributed by atoms with Gasteiger partial charge in [-0.25, -0.2) is 4.79 Å². The van der Waals surface area contributed by atoms with Gasteiger partial charge in [-0.1, -0.05) is 31.7 Å². The lowest BCUT2D eigenvalue weighted by Gasteiger charge is -2.24. The summed E-state index contributed by atoms with van der Waals surface area (Å²) in [6, 6.07) is 9.56. The lowest BCUT2D eigenvalue weighted by molar-refractivity contribution is 0.0511.